The van der Waals surface area contributed by atoms with Crippen LogP contribution in [0, 0.1) is 11.3 Å². The van der Waals surface area contributed by atoms with Crippen molar-refractivity contribution < 1.29 is 13.9 Å². The number of amides is 1. The summed E-state index contributed by atoms with van der Waals surface area (Å²) in [5.74, 6) is 0. The topological polar surface area (TPSA) is 71.2 Å². The SMILES string of the molecule is Cn1nc([C@@H]2C[C@H](F)CN2C(=O)OC(C)(C)C)cc1C#N. The first-order valence-corrected chi connectivity index (χ1v) is 6.79. The normalized spacial score (nSPS) is 22.2. The summed E-state index contributed by atoms with van der Waals surface area (Å²) in [6, 6.07) is 3.09. The molecule has 1 amide bonds. The number of carbonyl (C=O) groups is 1. The molecule has 0 unspecified atom stereocenters. The molecule has 21 heavy (non-hydrogen) atoms. The summed E-state index contributed by atoms with van der Waals surface area (Å²) in [5, 5.41) is 13.2. The van der Waals surface area contributed by atoms with Crippen LogP contribution in [0.25, 0.3) is 0 Å². The standard InChI is InChI=1S/C14H19FN4O2/c1-14(2,3)21-13(20)19-8-9(15)5-12(19)11-6-10(7-16)18(4)17-11/h6,9,12H,5,8H2,1-4H3/t9-,12-/m0/s1. The summed E-state index contributed by atoms with van der Waals surface area (Å²) in [6.45, 7) is 5.27. The quantitative estimate of drug-likeness (QED) is 0.797. The van der Waals surface area contributed by atoms with E-state index in [4.69, 9.17) is 10.00 Å². The Morgan fingerprint density at radius 1 is 1.57 bits per heavy atom. The van der Waals surface area contributed by atoms with Crippen molar-refractivity contribution in [1.29, 1.82) is 5.26 Å². The fourth-order valence-electron chi connectivity index (χ4n) is 2.34. The smallest absolute Gasteiger partial charge is 0.410 e. The molecule has 2 heterocycles. The number of alkyl halides is 1. The first kappa shape index (κ1) is 15.3. The van der Waals surface area contributed by atoms with Crippen LogP contribution in [0.3, 0.4) is 0 Å². The molecule has 1 saturated heterocycles. The van der Waals surface area contributed by atoms with Crippen LogP contribution >= 0.6 is 0 Å². The maximum atomic E-state index is 13.7. The maximum absolute atomic E-state index is 13.7. The minimum atomic E-state index is -1.12. The van der Waals surface area contributed by atoms with Gasteiger partial charge >= 0.3 is 6.09 Å². The number of hydrogen-bond donors (Lipinski definition) is 0. The molecule has 0 radical (unpaired) electrons. The Bertz CT molecular complexity index is 585. The monoisotopic (exact) mass is 294 g/mol. The van der Waals surface area contributed by atoms with Crippen LogP contribution in [0.4, 0.5) is 9.18 Å². The number of carbonyl (C=O) groups excluding carboxylic acids is 1. The summed E-state index contributed by atoms with van der Waals surface area (Å²) in [7, 11) is 1.64. The van der Waals surface area contributed by atoms with E-state index in [0.717, 1.165) is 0 Å². The van der Waals surface area contributed by atoms with Crippen molar-refractivity contribution >= 4 is 6.09 Å². The Morgan fingerprint density at radius 2 is 2.24 bits per heavy atom. The minimum Gasteiger partial charge on any atom is -0.444 e. The number of rotatable bonds is 1. The van der Waals surface area contributed by atoms with Crippen LogP contribution in [-0.4, -0.2) is 39.1 Å². The maximum Gasteiger partial charge on any atom is 0.410 e. The van der Waals surface area contributed by atoms with Gasteiger partial charge < -0.3 is 4.74 Å². The highest BCUT2D eigenvalue weighted by molar-refractivity contribution is 5.69. The van der Waals surface area contributed by atoms with Crippen LogP contribution in [0.2, 0.25) is 0 Å². The number of hydrogen-bond acceptors (Lipinski definition) is 4. The predicted octanol–water partition coefficient (Wildman–Crippen LogP) is 2.31. The zero-order chi connectivity index (χ0) is 15.8. The highest BCUT2D eigenvalue weighted by Crippen LogP contribution is 2.34. The van der Waals surface area contributed by atoms with Crippen LogP contribution in [-0.2, 0) is 11.8 Å². The average molecular weight is 294 g/mol. The third-order valence-electron chi connectivity index (χ3n) is 3.23. The largest absolute Gasteiger partial charge is 0.444 e. The molecule has 1 aromatic rings. The van der Waals surface area contributed by atoms with Crippen LogP contribution in [0.15, 0.2) is 6.07 Å². The van der Waals surface area contributed by atoms with Gasteiger partial charge in [0.1, 0.15) is 23.5 Å². The second-order valence-electron chi connectivity index (χ2n) is 6.17. The van der Waals surface area contributed by atoms with Gasteiger partial charge in [-0.1, -0.05) is 0 Å². The minimum absolute atomic E-state index is 0.0158. The summed E-state index contributed by atoms with van der Waals surface area (Å²) < 4.78 is 20.5. The van der Waals surface area contributed by atoms with Gasteiger partial charge in [0.15, 0.2) is 0 Å². The fourth-order valence-corrected chi connectivity index (χ4v) is 2.34. The number of nitrogens with zero attached hydrogens (tertiary/aromatic N) is 4. The molecule has 0 aliphatic carbocycles. The van der Waals surface area contributed by atoms with E-state index in [1.165, 1.54) is 9.58 Å². The molecule has 2 rings (SSSR count). The lowest BCUT2D eigenvalue weighted by Gasteiger charge is -2.27. The lowest BCUT2D eigenvalue weighted by molar-refractivity contribution is 0.0213. The number of likely N-dealkylation sites (tertiary alicyclic amines) is 1. The molecule has 7 heteroatoms. The highest BCUT2D eigenvalue weighted by Gasteiger charge is 2.40. The van der Waals surface area contributed by atoms with Crippen molar-refractivity contribution in [2.24, 2.45) is 7.05 Å². The molecule has 1 fully saturated rings. The van der Waals surface area contributed by atoms with Crippen molar-refractivity contribution in [3.8, 4) is 6.07 Å². The summed E-state index contributed by atoms with van der Waals surface area (Å²) in [6.07, 6.45) is -1.51. The second-order valence-corrected chi connectivity index (χ2v) is 6.17. The molecule has 114 valence electrons. The molecule has 1 aromatic heterocycles. The van der Waals surface area contributed by atoms with E-state index >= 15 is 0 Å². The van der Waals surface area contributed by atoms with Gasteiger partial charge in [0.25, 0.3) is 0 Å². The van der Waals surface area contributed by atoms with E-state index in [0.29, 0.717) is 11.4 Å². The van der Waals surface area contributed by atoms with Crippen molar-refractivity contribution in [3.63, 3.8) is 0 Å². The third kappa shape index (κ3) is 3.32. The van der Waals surface area contributed by atoms with Crippen LogP contribution in [0.5, 0.6) is 0 Å². The molecule has 0 N–H and O–H groups in total. The molecule has 0 saturated carbocycles. The van der Waals surface area contributed by atoms with Gasteiger partial charge in [0.2, 0.25) is 0 Å². The number of halogens is 1. The van der Waals surface area contributed by atoms with Gasteiger partial charge in [-0.3, -0.25) is 9.58 Å². The van der Waals surface area contributed by atoms with E-state index in [2.05, 4.69) is 5.10 Å². The number of ether oxygens (including phenoxy) is 1. The highest BCUT2D eigenvalue weighted by atomic mass is 19.1. The van der Waals surface area contributed by atoms with Crippen LogP contribution < -0.4 is 0 Å². The molecule has 0 bridgehead atoms. The van der Waals surface area contributed by atoms with Gasteiger partial charge in [-0.05, 0) is 26.8 Å². The zero-order valence-electron chi connectivity index (χ0n) is 12.6. The van der Waals surface area contributed by atoms with E-state index in [1.807, 2.05) is 6.07 Å². The first-order valence-electron chi connectivity index (χ1n) is 6.79. The Balaban J connectivity index is 2.24. The van der Waals surface area contributed by atoms with Gasteiger partial charge in [-0.2, -0.15) is 10.4 Å². The predicted molar refractivity (Wildman–Crippen MR) is 73.1 cm³/mol. The van der Waals surface area contributed by atoms with E-state index in [-0.39, 0.29) is 13.0 Å². The van der Waals surface area contributed by atoms with Gasteiger partial charge in [-0.25, -0.2) is 9.18 Å². The van der Waals surface area contributed by atoms with E-state index < -0.39 is 23.9 Å². The lowest BCUT2D eigenvalue weighted by atomic mass is 10.1. The molecule has 0 spiro atoms. The van der Waals surface area contributed by atoms with Crippen molar-refractivity contribution in [2.75, 3.05) is 6.54 Å². The molecular weight excluding hydrogens is 275 g/mol. The van der Waals surface area contributed by atoms with Crippen molar-refractivity contribution in [1.82, 2.24) is 14.7 Å². The first-order chi connectivity index (χ1) is 9.71. The molecule has 6 nitrogen and oxygen atoms in total. The third-order valence-corrected chi connectivity index (χ3v) is 3.23. The zero-order valence-corrected chi connectivity index (χ0v) is 12.6. The summed E-state index contributed by atoms with van der Waals surface area (Å²) in [5.41, 5.74) is 0.245. The van der Waals surface area contributed by atoms with E-state index in [1.54, 1.807) is 33.9 Å². The van der Waals surface area contributed by atoms with Crippen molar-refractivity contribution in [2.45, 2.75) is 45.0 Å². The van der Waals surface area contributed by atoms with Gasteiger partial charge in [0, 0.05) is 13.5 Å². The Labute approximate surface area is 123 Å². The summed E-state index contributed by atoms with van der Waals surface area (Å²) >= 11 is 0. The Kier molecular flexibility index (Phi) is 3.90. The van der Waals surface area contributed by atoms with E-state index in [9.17, 15) is 9.18 Å². The molecule has 1 aliphatic heterocycles. The molecular formula is C14H19FN4O2. The summed E-state index contributed by atoms with van der Waals surface area (Å²) in [4.78, 5) is 13.5. The average Bonchev–Trinajstić information content (AvgIpc) is 2.90. The molecule has 2 atom stereocenters. The van der Waals surface area contributed by atoms with Crippen molar-refractivity contribution in [3.05, 3.63) is 17.5 Å². The number of nitriles is 1. The Morgan fingerprint density at radius 3 is 2.76 bits per heavy atom. The van der Waals surface area contributed by atoms with Gasteiger partial charge in [0.05, 0.1) is 18.3 Å². The second kappa shape index (κ2) is 5.35. The van der Waals surface area contributed by atoms with Gasteiger partial charge in [-0.15, -0.1) is 0 Å². The van der Waals surface area contributed by atoms with Crippen LogP contribution in [0.1, 0.15) is 44.6 Å². The number of aromatic nitrogens is 2. The number of aryl methyl sites for hydroxylation is 1. The Hall–Kier alpha value is -2.10. The fraction of sp³-hybridized carbons (Fsp3) is 0.643. The lowest BCUT2D eigenvalue weighted by Crippen LogP contribution is -2.37. The molecule has 0 aromatic carbocycles. The molecule has 1 aliphatic rings.